The summed E-state index contributed by atoms with van der Waals surface area (Å²) in [5.74, 6) is 5.45. The minimum absolute atomic E-state index is 0.308. The molecule has 0 aromatic heterocycles. The molecule has 0 spiro atoms. The van der Waals surface area contributed by atoms with Crippen LogP contribution in [0.2, 0.25) is 0 Å². The van der Waals surface area contributed by atoms with Gasteiger partial charge in [0.15, 0.2) is 6.10 Å². The first-order valence-electron chi connectivity index (χ1n) is 4.60. The molecule has 3 N–H and O–H groups in total. The van der Waals surface area contributed by atoms with Crippen molar-refractivity contribution in [2.45, 2.75) is 19.4 Å². The van der Waals surface area contributed by atoms with E-state index >= 15 is 0 Å². The number of hydrogen-bond donors (Lipinski definition) is 2. The molecular formula is C10H13IN2O2. The third-order valence-electron chi connectivity index (χ3n) is 1.91. The first kappa shape index (κ1) is 12.3. The Morgan fingerprint density at radius 1 is 1.60 bits per heavy atom. The molecule has 82 valence electrons. The number of nitrogens with one attached hydrogen (secondary N) is 1. The van der Waals surface area contributed by atoms with Gasteiger partial charge in [-0.1, -0.05) is 19.1 Å². The molecule has 0 aliphatic heterocycles. The average Bonchev–Trinajstić information content (AvgIpc) is 2.27. The second kappa shape index (κ2) is 5.92. The molecule has 4 nitrogen and oxygen atoms in total. The van der Waals surface area contributed by atoms with E-state index in [1.807, 2.05) is 31.2 Å². The number of carbonyl (C=O) groups is 1. The van der Waals surface area contributed by atoms with E-state index in [2.05, 4.69) is 28.0 Å². The van der Waals surface area contributed by atoms with Crippen molar-refractivity contribution in [1.82, 2.24) is 5.43 Å². The van der Waals surface area contributed by atoms with Crippen molar-refractivity contribution in [3.63, 3.8) is 0 Å². The van der Waals surface area contributed by atoms with E-state index in [1.54, 1.807) is 0 Å². The van der Waals surface area contributed by atoms with Crippen LogP contribution in [0.4, 0.5) is 0 Å². The zero-order chi connectivity index (χ0) is 11.3. The highest BCUT2D eigenvalue weighted by Crippen LogP contribution is 2.21. The smallest absolute Gasteiger partial charge is 0.274 e. The summed E-state index contributed by atoms with van der Waals surface area (Å²) in [5, 5.41) is 0. The highest BCUT2D eigenvalue weighted by molar-refractivity contribution is 14.1. The highest BCUT2D eigenvalue weighted by Gasteiger charge is 2.17. The second-order valence-electron chi connectivity index (χ2n) is 2.95. The number of ether oxygens (including phenoxy) is 1. The summed E-state index contributed by atoms with van der Waals surface area (Å²) in [6.07, 6.45) is 0.0412. The van der Waals surface area contributed by atoms with Gasteiger partial charge in [0.25, 0.3) is 5.91 Å². The summed E-state index contributed by atoms with van der Waals surface area (Å²) >= 11 is 2.16. The maximum atomic E-state index is 11.3. The number of para-hydroxylation sites is 1. The van der Waals surface area contributed by atoms with Gasteiger partial charge in [-0.3, -0.25) is 10.2 Å². The molecule has 0 fully saturated rings. The Morgan fingerprint density at radius 3 is 2.80 bits per heavy atom. The number of hydrogen-bond acceptors (Lipinski definition) is 3. The van der Waals surface area contributed by atoms with Gasteiger partial charge in [0.1, 0.15) is 5.75 Å². The molecular weight excluding hydrogens is 307 g/mol. The summed E-state index contributed by atoms with van der Waals surface area (Å²) in [5.41, 5.74) is 2.09. The van der Waals surface area contributed by atoms with Crippen molar-refractivity contribution in [3.05, 3.63) is 27.8 Å². The molecule has 1 unspecified atom stereocenters. The van der Waals surface area contributed by atoms with Gasteiger partial charge in [0.05, 0.1) is 3.57 Å². The van der Waals surface area contributed by atoms with Crippen molar-refractivity contribution in [2.75, 3.05) is 0 Å². The van der Waals surface area contributed by atoms with Crippen molar-refractivity contribution in [1.29, 1.82) is 0 Å². The molecule has 1 rings (SSSR count). The Labute approximate surface area is 102 Å². The van der Waals surface area contributed by atoms with Crippen LogP contribution < -0.4 is 16.0 Å². The number of rotatable bonds is 4. The third-order valence-corrected chi connectivity index (χ3v) is 2.80. The number of halogens is 1. The quantitative estimate of drug-likeness (QED) is 0.382. The maximum absolute atomic E-state index is 11.3. The van der Waals surface area contributed by atoms with Gasteiger partial charge in [-0.15, -0.1) is 0 Å². The molecule has 0 bridgehead atoms. The number of nitrogens with two attached hydrogens (primary N) is 1. The number of carbonyl (C=O) groups excluding carboxylic acids is 1. The summed E-state index contributed by atoms with van der Waals surface area (Å²) in [6.45, 7) is 1.87. The predicted octanol–water partition coefficient (Wildman–Crippen LogP) is 1.44. The molecule has 0 aliphatic rings. The summed E-state index contributed by atoms with van der Waals surface area (Å²) < 4.78 is 6.52. The first-order valence-corrected chi connectivity index (χ1v) is 5.68. The first-order chi connectivity index (χ1) is 7.19. The molecule has 1 aromatic carbocycles. The van der Waals surface area contributed by atoms with E-state index in [9.17, 15) is 4.79 Å². The Hall–Kier alpha value is -0.820. The van der Waals surface area contributed by atoms with Crippen LogP contribution in [-0.4, -0.2) is 12.0 Å². The molecule has 5 heteroatoms. The second-order valence-corrected chi connectivity index (χ2v) is 4.12. The Bertz CT molecular complexity index is 344. The fourth-order valence-corrected chi connectivity index (χ4v) is 1.62. The van der Waals surface area contributed by atoms with Crippen LogP contribution in [0.1, 0.15) is 13.3 Å². The lowest BCUT2D eigenvalue weighted by molar-refractivity contribution is -0.128. The van der Waals surface area contributed by atoms with Crippen LogP contribution >= 0.6 is 22.6 Å². The third kappa shape index (κ3) is 3.35. The van der Waals surface area contributed by atoms with Crippen LogP contribution in [0, 0.1) is 3.57 Å². The summed E-state index contributed by atoms with van der Waals surface area (Å²) in [7, 11) is 0. The number of hydrazine groups is 1. The fraction of sp³-hybridized carbons (Fsp3) is 0.300. The fourth-order valence-electron chi connectivity index (χ4n) is 1.11. The van der Waals surface area contributed by atoms with Gasteiger partial charge in [0.2, 0.25) is 0 Å². The van der Waals surface area contributed by atoms with E-state index in [0.29, 0.717) is 12.2 Å². The molecule has 0 saturated carbocycles. The molecule has 1 aromatic rings. The molecule has 15 heavy (non-hydrogen) atoms. The van der Waals surface area contributed by atoms with Gasteiger partial charge < -0.3 is 4.74 Å². The maximum Gasteiger partial charge on any atom is 0.274 e. The average molecular weight is 320 g/mol. The molecule has 0 heterocycles. The van der Waals surface area contributed by atoms with Gasteiger partial charge in [-0.05, 0) is 41.1 Å². The number of amides is 1. The van der Waals surface area contributed by atoms with Crippen LogP contribution in [-0.2, 0) is 4.79 Å². The minimum Gasteiger partial charge on any atom is -0.479 e. The van der Waals surface area contributed by atoms with Gasteiger partial charge in [0, 0.05) is 0 Å². The van der Waals surface area contributed by atoms with Crippen molar-refractivity contribution < 1.29 is 9.53 Å². The van der Waals surface area contributed by atoms with Crippen LogP contribution in [0.5, 0.6) is 5.75 Å². The van der Waals surface area contributed by atoms with E-state index in [-0.39, 0.29) is 5.91 Å². The van der Waals surface area contributed by atoms with Crippen LogP contribution in [0.25, 0.3) is 0 Å². The minimum atomic E-state index is -0.536. The zero-order valence-electron chi connectivity index (χ0n) is 8.37. The standard InChI is InChI=1S/C10H13IN2O2/c1-2-8(10(14)13-12)15-9-6-4-3-5-7(9)11/h3-6,8H,2,12H2,1H3,(H,13,14). The van der Waals surface area contributed by atoms with Crippen molar-refractivity contribution in [2.24, 2.45) is 5.84 Å². The number of benzene rings is 1. The summed E-state index contributed by atoms with van der Waals surface area (Å²) in [6, 6.07) is 7.53. The largest absolute Gasteiger partial charge is 0.479 e. The van der Waals surface area contributed by atoms with Crippen molar-refractivity contribution in [3.8, 4) is 5.75 Å². The Balaban J connectivity index is 2.75. The molecule has 0 radical (unpaired) electrons. The molecule has 0 aliphatic carbocycles. The van der Waals surface area contributed by atoms with E-state index < -0.39 is 6.10 Å². The summed E-state index contributed by atoms with van der Waals surface area (Å²) in [4.78, 5) is 11.3. The van der Waals surface area contributed by atoms with E-state index in [4.69, 9.17) is 10.6 Å². The Kier molecular flexibility index (Phi) is 4.83. The van der Waals surface area contributed by atoms with Crippen LogP contribution in [0.15, 0.2) is 24.3 Å². The van der Waals surface area contributed by atoms with Gasteiger partial charge in [-0.25, -0.2) is 5.84 Å². The van der Waals surface area contributed by atoms with Crippen LogP contribution in [0.3, 0.4) is 0 Å². The topological polar surface area (TPSA) is 64.3 Å². The molecule has 1 atom stereocenters. The zero-order valence-corrected chi connectivity index (χ0v) is 10.5. The van der Waals surface area contributed by atoms with Gasteiger partial charge >= 0.3 is 0 Å². The monoisotopic (exact) mass is 320 g/mol. The predicted molar refractivity (Wildman–Crippen MR) is 66.2 cm³/mol. The van der Waals surface area contributed by atoms with Crippen molar-refractivity contribution >= 4 is 28.5 Å². The molecule has 0 saturated heterocycles. The van der Waals surface area contributed by atoms with E-state index in [0.717, 1.165) is 3.57 Å². The lowest BCUT2D eigenvalue weighted by Gasteiger charge is -2.16. The SMILES string of the molecule is CCC(Oc1ccccc1I)C(=O)NN. The Morgan fingerprint density at radius 2 is 2.27 bits per heavy atom. The van der Waals surface area contributed by atoms with Gasteiger partial charge in [-0.2, -0.15) is 0 Å². The highest BCUT2D eigenvalue weighted by atomic mass is 127. The molecule has 1 amide bonds. The lowest BCUT2D eigenvalue weighted by atomic mass is 10.2. The lowest BCUT2D eigenvalue weighted by Crippen LogP contribution is -2.41. The van der Waals surface area contributed by atoms with E-state index in [1.165, 1.54) is 0 Å². The normalized spacial score (nSPS) is 11.9.